The minimum Gasteiger partial charge on any atom is -0.496 e. The molecule has 0 saturated carbocycles. The van der Waals surface area contributed by atoms with Crippen LogP contribution < -0.4 is 19.3 Å². The molecule has 1 heterocycles. The maximum Gasteiger partial charge on any atom is 0.238 e. The number of nitrogens with zero attached hydrogens (tertiary/aromatic N) is 1. The van der Waals surface area contributed by atoms with Crippen molar-refractivity contribution in [2.24, 2.45) is 5.14 Å². The Morgan fingerprint density at radius 2 is 1.55 bits per heavy atom. The Hall–Kier alpha value is -3.04. The van der Waals surface area contributed by atoms with Gasteiger partial charge in [-0.05, 0) is 17.7 Å². The monoisotopic (exact) mass is 418 g/mol. The molecule has 0 amide bonds. The first kappa shape index (κ1) is 20.7. The molecule has 29 heavy (non-hydrogen) atoms. The molecule has 2 aromatic carbocycles. The van der Waals surface area contributed by atoms with Crippen molar-refractivity contribution in [2.75, 3.05) is 21.3 Å². The summed E-state index contributed by atoms with van der Waals surface area (Å²) in [6.07, 6.45) is 0.583. The van der Waals surface area contributed by atoms with E-state index in [1.807, 2.05) is 6.92 Å². The standard InChI is InChI=1S/C20H22N2O6S/c1-5-15-18(12-6-8-14(9-7-12)29(21,23)24)20(22-28-15)19-16(26-3)10-13(25-2)11-17(19)27-4/h6-11H,5H2,1-4H3,(H2,21,23,24). The van der Waals surface area contributed by atoms with Gasteiger partial charge in [-0.2, -0.15) is 0 Å². The van der Waals surface area contributed by atoms with Gasteiger partial charge < -0.3 is 18.7 Å². The largest absolute Gasteiger partial charge is 0.496 e. The van der Waals surface area contributed by atoms with Crippen molar-refractivity contribution in [2.45, 2.75) is 18.2 Å². The van der Waals surface area contributed by atoms with E-state index in [0.717, 1.165) is 11.1 Å². The van der Waals surface area contributed by atoms with E-state index in [0.29, 0.717) is 40.7 Å². The second-order valence-electron chi connectivity index (χ2n) is 6.16. The van der Waals surface area contributed by atoms with Crippen LogP contribution >= 0.6 is 0 Å². The van der Waals surface area contributed by atoms with Crippen LogP contribution in [0.2, 0.25) is 0 Å². The molecule has 3 rings (SSSR count). The van der Waals surface area contributed by atoms with Crippen LogP contribution in [-0.4, -0.2) is 34.9 Å². The lowest BCUT2D eigenvalue weighted by atomic mass is 9.97. The number of aryl methyl sites for hydroxylation is 1. The summed E-state index contributed by atoms with van der Waals surface area (Å²) < 4.78 is 45.1. The van der Waals surface area contributed by atoms with Gasteiger partial charge in [0.05, 0.1) is 37.4 Å². The summed E-state index contributed by atoms with van der Waals surface area (Å²) in [5.41, 5.74) is 2.56. The second kappa shape index (κ2) is 8.14. The highest BCUT2D eigenvalue weighted by Gasteiger charge is 2.25. The Kier molecular flexibility index (Phi) is 5.81. The van der Waals surface area contributed by atoms with E-state index in [-0.39, 0.29) is 4.90 Å². The fraction of sp³-hybridized carbons (Fsp3) is 0.250. The lowest BCUT2D eigenvalue weighted by molar-refractivity contribution is 0.373. The molecule has 0 radical (unpaired) electrons. The zero-order chi connectivity index (χ0) is 21.2. The normalized spacial score (nSPS) is 11.3. The van der Waals surface area contributed by atoms with Crippen molar-refractivity contribution < 1.29 is 27.2 Å². The van der Waals surface area contributed by atoms with Crippen molar-refractivity contribution in [3.8, 4) is 39.6 Å². The van der Waals surface area contributed by atoms with Gasteiger partial charge >= 0.3 is 0 Å². The van der Waals surface area contributed by atoms with Crippen molar-refractivity contribution in [1.82, 2.24) is 5.16 Å². The molecule has 0 aliphatic heterocycles. The highest BCUT2D eigenvalue weighted by Crippen LogP contribution is 2.46. The minimum atomic E-state index is -3.79. The van der Waals surface area contributed by atoms with Crippen molar-refractivity contribution >= 4 is 10.0 Å². The molecular formula is C20H22N2O6S. The SMILES string of the molecule is CCc1onc(-c2c(OC)cc(OC)cc2OC)c1-c1ccc(S(N)(=O)=O)cc1. The van der Waals surface area contributed by atoms with Crippen molar-refractivity contribution in [3.63, 3.8) is 0 Å². The summed E-state index contributed by atoms with van der Waals surface area (Å²) in [5.74, 6) is 2.21. The number of primary sulfonamides is 1. The van der Waals surface area contributed by atoms with Crippen LogP contribution in [0.15, 0.2) is 45.8 Å². The third-order valence-corrected chi connectivity index (χ3v) is 5.44. The maximum atomic E-state index is 11.6. The number of aromatic nitrogens is 1. The van der Waals surface area contributed by atoms with E-state index in [2.05, 4.69) is 5.16 Å². The zero-order valence-corrected chi connectivity index (χ0v) is 17.4. The Balaban J connectivity index is 2.25. The molecule has 2 N–H and O–H groups in total. The van der Waals surface area contributed by atoms with Gasteiger partial charge in [0.2, 0.25) is 10.0 Å². The Labute approximate surface area is 169 Å². The number of hydrogen-bond donors (Lipinski definition) is 1. The molecule has 0 bridgehead atoms. The Morgan fingerprint density at radius 3 is 2.00 bits per heavy atom. The summed E-state index contributed by atoms with van der Waals surface area (Å²) >= 11 is 0. The van der Waals surface area contributed by atoms with Crippen LogP contribution in [0.5, 0.6) is 17.2 Å². The van der Waals surface area contributed by atoms with Crippen LogP contribution in [0.3, 0.4) is 0 Å². The Bertz CT molecular complexity index is 1100. The fourth-order valence-corrected chi connectivity index (χ4v) is 3.60. The summed E-state index contributed by atoms with van der Waals surface area (Å²) in [7, 11) is 0.846. The molecule has 0 atom stereocenters. The van der Waals surface area contributed by atoms with E-state index < -0.39 is 10.0 Å². The first-order chi connectivity index (χ1) is 13.8. The highest BCUT2D eigenvalue weighted by molar-refractivity contribution is 7.89. The quantitative estimate of drug-likeness (QED) is 0.626. The molecule has 9 heteroatoms. The van der Waals surface area contributed by atoms with E-state index in [1.165, 1.54) is 12.1 Å². The van der Waals surface area contributed by atoms with Crippen LogP contribution in [0.1, 0.15) is 12.7 Å². The lowest BCUT2D eigenvalue weighted by Gasteiger charge is -2.14. The van der Waals surface area contributed by atoms with Crippen molar-refractivity contribution in [3.05, 3.63) is 42.2 Å². The zero-order valence-electron chi connectivity index (χ0n) is 16.6. The number of hydrogen-bond acceptors (Lipinski definition) is 7. The molecule has 0 spiro atoms. The van der Waals surface area contributed by atoms with E-state index in [1.54, 1.807) is 45.6 Å². The highest BCUT2D eigenvalue weighted by atomic mass is 32.2. The predicted molar refractivity (Wildman–Crippen MR) is 108 cm³/mol. The molecule has 3 aromatic rings. The first-order valence-corrected chi connectivity index (χ1v) is 10.3. The molecule has 0 saturated heterocycles. The lowest BCUT2D eigenvalue weighted by Crippen LogP contribution is -2.11. The molecule has 154 valence electrons. The molecule has 1 aromatic heterocycles. The maximum absolute atomic E-state index is 11.6. The Morgan fingerprint density at radius 1 is 0.966 bits per heavy atom. The first-order valence-electron chi connectivity index (χ1n) is 8.76. The number of methoxy groups -OCH3 is 3. The van der Waals surface area contributed by atoms with Gasteiger partial charge in [0.25, 0.3) is 0 Å². The molecule has 0 aliphatic rings. The summed E-state index contributed by atoms with van der Waals surface area (Å²) in [6.45, 7) is 1.94. The predicted octanol–water partition coefficient (Wildman–Crippen LogP) is 3.24. The van der Waals surface area contributed by atoms with Crippen LogP contribution in [0.4, 0.5) is 0 Å². The second-order valence-corrected chi connectivity index (χ2v) is 7.72. The minimum absolute atomic E-state index is 0.0249. The van der Waals surface area contributed by atoms with E-state index in [4.69, 9.17) is 23.9 Å². The molecule has 0 aliphatic carbocycles. The fourth-order valence-electron chi connectivity index (χ4n) is 3.08. The average Bonchev–Trinajstić information content (AvgIpc) is 3.15. The number of sulfonamides is 1. The van der Waals surface area contributed by atoms with Crippen LogP contribution in [-0.2, 0) is 16.4 Å². The van der Waals surface area contributed by atoms with Crippen molar-refractivity contribution in [1.29, 1.82) is 0 Å². The van der Waals surface area contributed by atoms with E-state index in [9.17, 15) is 8.42 Å². The third kappa shape index (κ3) is 3.92. The smallest absolute Gasteiger partial charge is 0.238 e. The van der Waals surface area contributed by atoms with Gasteiger partial charge in [0.1, 0.15) is 28.7 Å². The molecule has 0 unspecified atom stereocenters. The average molecular weight is 418 g/mol. The molecule has 8 nitrogen and oxygen atoms in total. The van der Waals surface area contributed by atoms with E-state index >= 15 is 0 Å². The van der Waals surface area contributed by atoms with Gasteiger partial charge in [0.15, 0.2) is 0 Å². The summed E-state index contributed by atoms with van der Waals surface area (Å²) in [5, 5.41) is 9.46. The summed E-state index contributed by atoms with van der Waals surface area (Å²) in [4.78, 5) is 0.0249. The van der Waals surface area contributed by atoms with Crippen LogP contribution in [0, 0.1) is 0 Å². The number of rotatable bonds is 7. The van der Waals surface area contributed by atoms with Gasteiger partial charge in [0, 0.05) is 18.6 Å². The van der Waals surface area contributed by atoms with Gasteiger partial charge in [-0.3, -0.25) is 0 Å². The van der Waals surface area contributed by atoms with Gasteiger partial charge in [-0.1, -0.05) is 24.2 Å². The third-order valence-electron chi connectivity index (χ3n) is 4.51. The number of ether oxygens (including phenoxy) is 3. The van der Waals surface area contributed by atoms with Gasteiger partial charge in [-0.15, -0.1) is 0 Å². The van der Waals surface area contributed by atoms with Gasteiger partial charge in [-0.25, -0.2) is 13.6 Å². The molecule has 0 fully saturated rings. The topological polar surface area (TPSA) is 114 Å². The number of benzene rings is 2. The van der Waals surface area contributed by atoms with Crippen LogP contribution in [0.25, 0.3) is 22.4 Å². The summed E-state index contributed by atoms with van der Waals surface area (Å²) in [6, 6.07) is 9.68. The number of nitrogens with two attached hydrogens (primary N) is 1. The molecular weight excluding hydrogens is 396 g/mol.